The Morgan fingerprint density at radius 3 is 2.48 bits per heavy atom. The second-order valence-electron chi connectivity index (χ2n) is 17.8. The minimum atomic E-state index is -4.25. The summed E-state index contributed by atoms with van der Waals surface area (Å²) in [5.74, 6) is -1.46. The van der Waals surface area contributed by atoms with Gasteiger partial charge in [0.25, 0.3) is 11.5 Å². The van der Waals surface area contributed by atoms with E-state index in [2.05, 4.69) is 30.9 Å². The maximum absolute atomic E-state index is 15.2. The molecule has 21 heteroatoms. The molecule has 2 atom stereocenters. The number of anilines is 2. The van der Waals surface area contributed by atoms with Gasteiger partial charge in [0.15, 0.2) is 17.4 Å². The molecule has 18 nitrogen and oxygen atoms in total. The number of halogens is 2. The summed E-state index contributed by atoms with van der Waals surface area (Å²) in [7, 11) is -4.25. The largest absolute Gasteiger partial charge is 0.453 e. The van der Waals surface area contributed by atoms with Gasteiger partial charge in [-0.3, -0.25) is 33.9 Å². The van der Waals surface area contributed by atoms with Crippen LogP contribution in [0.2, 0.25) is 0 Å². The lowest BCUT2D eigenvalue weighted by atomic mass is 9.94. The lowest BCUT2D eigenvalue weighted by Crippen LogP contribution is -2.52. The molecule has 1 unspecified atom stereocenters. The van der Waals surface area contributed by atoms with Gasteiger partial charge in [0.2, 0.25) is 11.8 Å². The summed E-state index contributed by atoms with van der Waals surface area (Å²) in [5.41, 5.74) is 1.80. The Morgan fingerprint density at radius 2 is 1.73 bits per heavy atom. The fourth-order valence-corrected chi connectivity index (χ4v) is 11.2. The summed E-state index contributed by atoms with van der Waals surface area (Å²) >= 11 is 0. The predicted octanol–water partition coefficient (Wildman–Crippen LogP) is 4.40. The molecule has 0 radical (unpaired) electrons. The van der Waals surface area contributed by atoms with Gasteiger partial charge < -0.3 is 19.4 Å². The van der Waals surface area contributed by atoms with E-state index in [4.69, 9.17) is 9.84 Å². The third kappa shape index (κ3) is 8.71. The summed E-state index contributed by atoms with van der Waals surface area (Å²) in [6, 6.07) is 15.4. The molecule has 3 aromatic carbocycles. The number of fused-ring (bicyclic) bond motifs is 2. The molecule has 5 aromatic rings. The molecule has 67 heavy (non-hydrogen) atoms. The van der Waals surface area contributed by atoms with Crippen LogP contribution >= 0.6 is 0 Å². The second-order valence-corrected chi connectivity index (χ2v) is 19.5. The van der Waals surface area contributed by atoms with E-state index >= 15 is 4.39 Å². The molecule has 4 saturated heterocycles. The quantitative estimate of drug-likeness (QED) is 0.177. The van der Waals surface area contributed by atoms with E-state index in [9.17, 15) is 37.2 Å². The molecule has 4 fully saturated rings. The highest BCUT2D eigenvalue weighted by Gasteiger charge is 2.40. The SMILES string of the molecule is N#Cc1c(NS(=O)(=O)N2CC[C@@H](F)C2)ccc(F)c1Oc1ccc2ncn(-c3ccn(C4CCN(CC5CCN(c6ccc7c(c6)CN(C6CCC(=O)NC6=O)C7=O)CC5)CC4)n3)c(=O)c2c1. The predicted molar refractivity (Wildman–Crippen MR) is 240 cm³/mol. The number of hydrogen-bond acceptors (Lipinski definition) is 12. The number of hydrogen-bond donors (Lipinski definition) is 2. The highest BCUT2D eigenvalue weighted by molar-refractivity contribution is 7.90. The fourth-order valence-electron chi connectivity index (χ4n) is 9.93. The highest BCUT2D eigenvalue weighted by atomic mass is 32.2. The molecule has 0 aliphatic carbocycles. The van der Waals surface area contributed by atoms with Crippen molar-refractivity contribution < 1.29 is 36.3 Å². The van der Waals surface area contributed by atoms with Crippen molar-refractivity contribution in [1.82, 2.24) is 38.8 Å². The normalized spacial score (nSPS) is 21.2. The number of ether oxygens (including phenoxy) is 1. The number of alkyl halides is 1. The van der Waals surface area contributed by atoms with Crippen LogP contribution in [0.5, 0.6) is 11.5 Å². The monoisotopic (exact) mass is 935 g/mol. The summed E-state index contributed by atoms with van der Waals surface area (Å²) in [6.07, 6.45) is 6.39. The van der Waals surface area contributed by atoms with Crippen LogP contribution in [-0.4, -0.2) is 118 Å². The Morgan fingerprint density at radius 1 is 0.925 bits per heavy atom. The van der Waals surface area contributed by atoms with E-state index in [1.807, 2.05) is 23.0 Å². The first-order chi connectivity index (χ1) is 32.3. The van der Waals surface area contributed by atoms with E-state index in [-0.39, 0.29) is 60.6 Å². The molecule has 5 aliphatic rings. The smallest absolute Gasteiger partial charge is 0.301 e. The van der Waals surface area contributed by atoms with Crippen molar-refractivity contribution in [3.05, 3.63) is 100.0 Å². The van der Waals surface area contributed by atoms with Crippen LogP contribution in [0, 0.1) is 23.1 Å². The minimum Gasteiger partial charge on any atom is -0.453 e. The molecule has 3 amide bonds. The first kappa shape index (κ1) is 44.1. The molecule has 2 aromatic heterocycles. The van der Waals surface area contributed by atoms with Crippen molar-refractivity contribution in [1.29, 1.82) is 5.26 Å². The molecule has 10 rings (SSSR count). The maximum atomic E-state index is 15.2. The number of piperidine rings is 3. The lowest BCUT2D eigenvalue weighted by molar-refractivity contribution is -0.136. The first-order valence-electron chi connectivity index (χ1n) is 22.5. The van der Waals surface area contributed by atoms with Gasteiger partial charge in [-0.25, -0.2) is 18.3 Å². The number of nitrogens with one attached hydrogen (secondary N) is 2. The van der Waals surface area contributed by atoms with Crippen LogP contribution in [0.3, 0.4) is 0 Å². The zero-order valence-electron chi connectivity index (χ0n) is 36.3. The van der Waals surface area contributed by atoms with Gasteiger partial charge >= 0.3 is 10.2 Å². The van der Waals surface area contributed by atoms with Gasteiger partial charge in [0.1, 0.15) is 35.9 Å². The van der Waals surface area contributed by atoms with Crippen molar-refractivity contribution in [3.8, 4) is 23.4 Å². The summed E-state index contributed by atoms with van der Waals surface area (Å²) in [5, 5.41) is 17.2. The van der Waals surface area contributed by atoms with Gasteiger partial charge in [-0.2, -0.15) is 23.1 Å². The fraction of sp³-hybridized carbons (Fsp3) is 0.413. The molecule has 0 spiro atoms. The standard InChI is InChI=1S/C46H47F2N11O7S/c47-30-11-19-56(26-30)67(64,65)53-39-6-4-37(48)43(36(39)23-49)66-33-2-5-38-35(22-33)46(63)58(27-50-38)41-14-20-59(52-41)31-12-15-54(16-13-31)24-28-9-17-55(18-10-28)32-1-3-34-29(21-32)25-57(45(34)62)40-7-8-42(60)51-44(40)61/h1-6,14,20-22,27-28,30-31,40,53H,7-13,15-19,24-26H2,(H,51,60,61)/t30-,40?/m1/s1. The Kier molecular flexibility index (Phi) is 11.7. The lowest BCUT2D eigenvalue weighted by Gasteiger charge is -2.38. The van der Waals surface area contributed by atoms with Gasteiger partial charge in [-0.1, -0.05) is 0 Å². The van der Waals surface area contributed by atoms with E-state index in [0.717, 1.165) is 86.1 Å². The number of aromatic nitrogens is 4. The average molecular weight is 936 g/mol. The van der Waals surface area contributed by atoms with Crippen LogP contribution in [0.15, 0.2) is 71.9 Å². The van der Waals surface area contributed by atoms with Crippen LogP contribution in [-0.2, 0) is 26.3 Å². The number of likely N-dealkylation sites (tertiary alicyclic amines) is 1. The molecule has 2 N–H and O–H groups in total. The number of nitriles is 1. The number of nitrogens with zero attached hydrogens (tertiary/aromatic N) is 9. The number of benzene rings is 3. The Balaban J connectivity index is 0.741. The van der Waals surface area contributed by atoms with Crippen molar-refractivity contribution >= 4 is 50.2 Å². The highest BCUT2D eigenvalue weighted by Crippen LogP contribution is 2.36. The number of carbonyl (C=O) groups is 3. The van der Waals surface area contributed by atoms with Crippen molar-refractivity contribution in [2.75, 3.05) is 55.4 Å². The minimum absolute atomic E-state index is 0.00150. The van der Waals surface area contributed by atoms with Crippen molar-refractivity contribution in [3.63, 3.8) is 0 Å². The molecule has 0 saturated carbocycles. The first-order valence-corrected chi connectivity index (χ1v) is 23.9. The number of carbonyl (C=O) groups excluding carboxylic acids is 3. The van der Waals surface area contributed by atoms with Crippen LogP contribution in [0.4, 0.5) is 20.2 Å². The van der Waals surface area contributed by atoms with Gasteiger partial charge in [0.05, 0.1) is 22.6 Å². The Labute approximate surface area is 383 Å². The number of imide groups is 1. The van der Waals surface area contributed by atoms with Gasteiger partial charge in [0, 0.05) is 82.3 Å². The second kappa shape index (κ2) is 17.8. The molecule has 5 aliphatic heterocycles. The molecule has 7 heterocycles. The van der Waals surface area contributed by atoms with E-state index in [1.165, 1.54) is 29.1 Å². The number of amides is 3. The van der Waals surface area contributed by atoms with Crippen LogP contribution in [0.1, 0.15) is 72.5 Å². The van der Waals surface area contributed by atoms with Crippen LogP contribution in [0.25, 0.3) is 16.7 Å². The topological polar surface area (TPSA) is 208 Å². The average Bonchev–Trinajstić information content (AvgIpc) is 4.08. The van der Waals surface area contributed by atoms with Crippen molar-refractivity contribution in [2.45, 2.75) is 69.7 Å². The molecular formula is C46H47F2N11O7S. The Hall–Kier alpha value is -6.76. The molecular weight excluding hydrogens is 889 g/mol. The van der Waals surface area contributed by atoms with Crippen LogP contribution < -0.4 is 25.2 Å². The number of rotatable bonds is 11. The maximum Gasteiger partial charge on any atom is 0.301 e. The zero-order chi connectivity index (χ0) is 46.6. The summed E-state index contributed by atoms with van der Waals surface area (Å²) in [6.45, 7) is 4.60. The van der Waals surface area contributed by atoms with E-state index in [0.29, 0.717) is 35.8 Å². The third-order valence-electron chi connectivity index (χ3n) is 13.6. The Bertz CT molecular complexity index is 3010. The van der Waals surface area contributed by atoms with E-state index < -0.39 is 51.0 Å². The zero-order valence-corrected chi connectivity index (χ0v) is 37.1. The molecule has 348 valence electrons. The summed E-state index contributed by atoms with van der Waals surface area (Å²) in [4.78, 5) is 62.1. The van der Waals surface area contributed by atoms with Gasteiger partial charge in [-0.05, 0) is 98.5 Å². The third-order valence-corrected chi connectivity index (χ3v) is 15.1. The summed E-state index contributed by atoms with van der Waals surface area (Å²) < 4.78 is 67.0. The van der Waals surface area contributed by atoms with Crippen molar-refractivity contribution in [2.24, 2.45) is 5.92 Å². The molecule has 0 bridgehead atoms. The van der Waals surface area contributed by atoms with Gasteiger partial charge in [-0.15, -0.1) is 0 Å². The van der Waals surface area contributed by atoms with E-state index in [1.54, 1.807) is 17.0 Å².